The van der Waals surface area contributed by atoms with Gasteiger partial charge in [0.1, 0.15) is 47.9 Å². The third kappa shape index (κ3) is 25.5. The normalized spacial score (nSPS) is 11.0. The summed E-state index contributed by atoms with van der Waals surface area (Å²) in [6, 6.07) is 66.1. The van der Waals surface area contributed by atoms with Gasteiger partial charge < -0.3 is 39.8 Å². The van der Waals surface area contributed by atoms with Crippen LogP contribution in [0.1, 0.15) is 115 Å². The number of aliphatic hydroxyl groups excluding tert-OH is 1. The Morgan fingerprint density at radius 2 is 0.897 bits per heavy atom. The zero-order valence-electron chi connectivity index (χ0n) is 68.7. The molecule has 0 spiro atoms. The van der Waals surface area contributed by atoms with E-state index in [1.54, 1.807) is 65.9 Å². The van der Waals surface area contributed by atoms with Crippen molar-refractivity contribution in [3.8, 4) is 11.4 Å². The van der Waals surface area contributed by atoms with Crippen LogP contribution < -0.4 is 11.1 Å². The number of carbonyl (C=O) groups excluding carboxylic acids is 2. The lowest BCUT2D eigenvalue weighted by molar-refractivity contribution is 0.0964. The Labute approximate surface area is 727 Å². The third-order valence-corrected chi connectivity index (χ3v) is 35.1. The molecule has 0 atom stereocenters. The molecule has 614 valence electrons. The van der Waals surface area contributed by atoms with E-state index in [4.69, 9.17) is 26.0 Å². The minimum Gasteiger partial charge on any atom is -0.427 e. The van der Waals surface area contributed by atoms with Crippen molar-refractivity contribution < 1.29 is 19.9 Å². The fraction of sp³-hybridized carbons (Fsp3) is 0.267. The summed E-state index contributed by atoms with van der Waals surface area (Å²) in [6.07, 6.45) is 21.9. The minimum atomic E-state index is -1.81. The quantitative estimate of drug-likeness (QED) is 0.0173. The van der Waals surface area contributed by atoms with Crippen LogP contribution in [0.15, 0.2) is 282 Å². The molecule has 0 saturated heterocycles. The van der Waals surface area contributed by atoms with Crippen LogP contribution in [0.3, 0.4) is 0 Å². The number of nitrogens with two attached hydrogens (primary N) is 1. The van der Waals surface area contributed by atoms with Gasteiger partial charge in [-0.2, -0.15) is 4.73 Å². The largest absolute Gasteiger partial charge is 0.427 e. The average molecular weight is 1890 g/mol. The second-order valence-corrected chi connectivity index (χ2v) is 43.3. The van der Waals surface area contributed by atoms with Gasteiger partial charge in [-0.1, -0.05) is 144 Å². The van der Waals surface area contributed by atoms with Crippen molar-refractivity contribution in [2.75, 3.05) is 31.9 Å². The number of anilines is 1. The Balaban J connectivity index is 0.000000190. The number of hydrogen-bond donors (Lipinski definition) is 6. The van der Waals surface area contributed by atoms with E-state index in [-0.39, 0.29) is 10.6 Å². The van der Waals surface area contributed by atoms with Crippen LogP contribution in [-0.2, 0) is 12.8 Å². The van der Waals surface area contributed by atoms with Gasteiger partial charge in [-0.15, -0.1) is 11.6 Å². The molecule has 2 aliphatic heterocycles. The smallest absolute Gasteiger partial charge is 0.263 e. The molecule has 0 bridgehead atoms. The number of benzene rings is 2. The summed E-state index contributed by atoms with van der Waals surface area (Å²) in [7, 11) is -2.51. The predicted octanol–water partition coefficient (Wildman–Crippen LogP) is 23.8. The van der Waals surface area contributed by atoms with E-state index in [1.165, 1.54) is 17.2 Å². The Hall–Kier alpha value is -9.62. The van der Waals surface area contributed by atoms with Crippen molar-refractivity contribution in [1.82, 2.24) is 67.6 Å². The van der Waals surface area contributed by atoms with Crippen molar-refractivity contribution >= 4 is 163 Å². The molecule has 0 aliphatic carbocycles. The van der Waals surface area contributed by atoms with Crippen molar-refractivity contribution in [1.29, 1.82) is 0 Å². The number of fused-ring (bicyclic) bond motifs is 6. The third-order valence-electron chi connectivity index (χ3n) is 19.8. The van der Waals surface area contributed by atoms with Crippen molar-refractivity contribution in [2.24, 2.45) is 5.73 Å². The fourth-order valence-corrected chi connectivity index (χ4v) is 29.4. The van der Waals surface area contributed by atoms with Gasteiger partial charge in [-0.05, 0) is 261 Å². The number of nitrogens with one attached hydrogen (secondary N) is 3. The highest BCUT2D eigenvalue weighted by Crippen LogP contribution is 2.46. The lowest BCUT2D eigenvalue weighted by atomic mass is 10.2. The first kappa shape index (κ1) is 94.5. The molecule has 14 heterocycles. The molecule has 117 heavy (non-hydrogen) atoms. The minimum absolute atomic E-state index is 0.0666. The van der Waals surface area contributed by atoms with Gasteiger partial charge in [0.25, 0.3) is 5.91 Å². The van der Waals surface area contributed by atoms with E-state index >= 15 is 0 Å². The average Bonchev–Trinajstić information content (AvgIpc) is 1.66. The second kappa shape index (κ2) is 47.7. The van der Waals surface area contributed by atoms with E-state index < -0.39 is 16.5 Å². The van der Waals surface area contributed by atoms with Crippen LogP contribution >= 0.6 is 75.3 Å². The zero-order valence-corrected chi connectivity index (χ0v) is 77.8. The monoisotopic (exact) mass is 1880 g/mol. The number of hydrogen-bond acceptors (Lipinski definition) is 14. The number of nitrogens with zero attached hydrogens (tertiary/aromatic N) is 12. The van der Waals surface area contributed by atoms with Gasteiger partial charge in [0.2, 0.25) is 4.69 Å². The number of halogens is 5. The molecule has 20 nitrogen and oxygen atoms in total. The first-order valence-corrected chi connectivity index (χ1v) is 46.9. The van der Waals surface area contributed by atoms with Crippen LogP contribution in [-0.4, -0.2) is 132 Å². The molecule has 2 aromatic carbocycles. The molecule has 0 amide bonds. The molecule has 0 unspecified atom stereocenters. The summed E-state index contributed by atoms with van der Waals surface area (Å²) < 4.78 is 10.1. The fourth-order valence-electron chi connectivity index (χ4n) is 15.1. The first-order chi connectivity index (χ1) is 56.4. The van der Waals surface area contributed by atoms with Gasteiger partial charge >= 0.3 is 0 Å². The van der Waals surface area contributed by atoms with Crippen molar-refractivity contribution in [2.45, 2.75) is 129 Å². The van der Waals surface area contributed by atoms with E-state index in [0.717, 1.165) is 107 Å². The number of carbonyl (C=O) groups is 2. The number of aromatic nitrogens is 14. The standard InChI is InChI=1S/C23H34N4Si.C16H25BrN2Si.C14H9BrN2O.C7H5BrN2.C7H5BrO.C7H6N2O.C7H6N2.C7H10N2.CH3Cl.CH4O/c1-17(2)28(18(3)4,19(5)6)27-16-13-20-10-11-22(26-23(20)27)25-15-12-21-9-7-8-14-24-21;1-11(2)20(12(3)4,13(5)6)19-10-9-14-7-8-15(17)18-16(14)19;15-12-7-6-10-8-9-17(13(10)16-12)14(18)11-4-2-1-3-5-11;8-6-2-1-5-3-4-9-7(5)10-6;8-7(9)6-4-2-1-3-5-6;10-9-5-1-2-6-3-4-8-7(6)9;1-2-6-3-5-9-7(6)8-4-1;8-5-4-7-3-1-2-6-9-7;2*1-2/h7-11,13-14,16-19H,12,15H2,1-6H3,(H,25,26);7-13H,1-6H3;1-9H;1-4H,(H,9,10);1-5H;1-5,10H;1-5H,(H,8,9);1-3,6H,4-5,8H2;1H3;2H,1H3. The number of alkyl halides is 1. The summed E-state index contributed by atoms with van der Waals surface area (Å²) in [5, 5.41) is 25.3. The number of aromatic amines is 2. The summed E-state index contributed by atoms with van der Waals surface area (Å²) in [5.41, 5.74) is 18.6. The molecule has 14 aromatic rings. The molecule has 0 fully saturated rings. The van der Waals surface area contributed by atoms with E-state index in [2.05, 4.69) is 261 Å². The maximum atomic E-state index is 12.3. The van der Waals surface area contributed by atoms with Crippen molar-refractivity contribution in [3.63, 3.8) is 0 Å². The molecule has 0 radical (unpaired) electrons. The van der Waals surface area contributed by atoms with Crippen LogP contribution in [0.25, 0.3) is 66.6 Å². The summed E-state index contributed by atoms with van der Waals surface area (Å²) in [5.74, 6) is 1.47. The Kier molecular flexibility index (Phi) is 38.5. The molecule has 27 heteroatoms. The van der Waals surface area contributed by atoms with E-state index in [9.17, 15) is 9.59 Å². The Morgan fingerprint density at radius 3 is 1.39 bits per heavy atom. The van der Waals surface area contributed by atoms with Crippen LogP contribution in [0.2, 0.25) is 33.2 Å². The molecule has 2 aliphatic rings. The van der Waals surface area contributed by atoms with E-state index in [0.29, 0.717) is 62.4 Å². The highest BCUT2D eigenvalue weighted by molar-refractivity contribution is 9.18. The highest BCUT2D eigenvalue weighted by Gasteiger charge is 2.47. The number of H-pyrrole nitrogens is 2. The molecule has 12 aromatic heterocycles. The summed E-state index contributed by atoms with van der Waals surface area (Å²) in [4.78, 5) is 63.8. The van der Waals surface area contributed by atoms with E-state index in [1.807, 2.05) is 158 Å². The van der Waals surface area contributed by atoms with Gasteiger partial charge in [-0.3, -0.25) is 24.1 Å². The van der Waals surface area contributed by atoms with Crippen molar-refractivity contribution in [3.05, 3.63) is 305 Å². The van der Waals surface area contributed by atoms with Gasteiger partial charge in [0.05, 0.1) is 0 Å². The SMILES string of the molecule is Brc1ccc2cc[nH]c2n1.CC(C)[Si](C(C)C)(C(C)C)n1ccc2ccc(Br)nc21.CC(C)[Si](C(C)C)(C(C)C)n1ccc2ccc(NCCc3ccccn3)nc21.CCl.CO.NCCc1ccccn1.O=C(Br)c1ccccc1.O=C(c1ccccc1)n1ccc2ccc(Br)nc21.On1cccc2ccnc1-2.c1cnc2[nH]ccc2c1. The van der Waals surface area contributed by atoms with Gasteiger partial charge in [-0.25, -0.2) is 29.9 Å². The molecular formula is C90H107Br4ClN16O4Si2. The summed E-state index contributed by atoms with van der Waals surface area (Å²) in [6.45, 7) is 30.2. The predicted molar refractivity (Wildman–Crippen MR) is 503 cm³/mol. The highest BCUT2D eigenvalue weighted by atomic mass is 79.9. The number of aliphatic hydroxyl groups is 1. The second-order valence-electron chi connectivity index (χ2n) is 28.7. The first-order valence-electron chi connectivity index (χ1n) is 38.6. The van der Waals surface area contributed by atoms with Crippen LogP contribution in [0, 0.1) is 0 Å². The van der Waals surface area contributed by atoms with Crippen LogP contribution in [0.4, 0.5) is 5.82 Å². The maximum absolute atomic E-state index is 12.3. The molecule has 7 N–H and O–H groups in total. The molecule has 16 rings (SSSR count). The molecule has 0 saturated carbocycles. The maximum Gasteiger partial charge on any atom is 0.263 e. The van der Waals surface area contributed by atoms with Gasteiger partial charge in [0, 0.05) is 137 Å². The number of pyridine rings is 8. The van der Waals surface area contributed by atoms with Crippen LogP contribution in [0.5, 0.6) is 0 Å². The zero-order chi connectivity index (χ0) is 85.2. The number of rotatable bonds is 16. The Bertz CT molecular complexity index is 5480. The lowest BCUT2D eigenvalue weighted by Crippen LogP contribution is -2.51. The lowest BCUT2D eigenvalue weighted by Gasteiger charge is -2.44. The summed E-state index contributed by atoms with van der Waals surface area (Å²) >= 11 is 17.6. The molecular weight excluding hydrogens is 1780 g/mol. The topological polar surface area (TPSA) is 267 Å². The van der Waals surface area contributed by atoms with Gasteiger partial charge in [0.15, 0.2) is 22.3 Å². The Morgan fingerprint density at radius 1 is 0.444 bits per heavy atom.